The van der Waals surface area contributed by atoms with Crippen LogP contribution in [0.1, 0.15) is 53.4 Å². The first-order chi connectivity index (χ1) is 7.73. The van der Waals surface area contributed by atoms with Crippen LogP contribution in [0.5, 0.6) is 0 Å². The lowest BCUT2D eigenvalue weighted by atomic mass is 9.58. The second-order valence-corrected chi connectivity index (χ2v) is 7.96. The van der Waals surface area contributed by atoms with Crippen molar-refractivity contribution in [3.8, 4) is 0 Å². The van der Waals surface area contributed by atoms with Gasteiger partial charge in [0.25, 0.3) is 0 Å². The molecule has 1 aliphatic carbocycles. The van der Waals surface area contributed by atoms with Gasteiger partial charge in [0.2, 0.25) is 0 Å². The normalized spacial score (nSPS) is 49.5. The van der Waals surface area contributed by atoms with Crippen molar-refractivity contribution >= 4 is 15.9 Å². The van der Waals surface area contributed by atoms with E-state index in [4.69, 9.17) is 4.74 Å². The van der Waals surface area contributed by atoms with Gasteiger partial charge in [-0.25, -0.2) is 0 Å². The Kier molecular flexibility index (Phi) is 3.28. The summed E-state index contributed by atoms with van der Waals surface area (Å²) in [5, 5.41) is 0. The Balaban J connectivity index is 2.29. The van der Waals surface area contributed by atoms with Crippen molar-refractivity contribution in [3.63, 3.8) is 0 Å². The van der Waals surface area contributed by atoms with Gasteiger partial charge in [-0.1, -0.05) is 35.9 Å². The van der Waals surface area contributed by atoms with Crippen LogP contribution in [0.2, 0.25) is 0 Å². The van der Waals surface area contributed by atoms with E-state index >= 15 is 0 Å². The molecule has 0 spiro atoms. The molecule has 1 saturated heterocycles. The van der Waals surface area contributed by atoms with Crippen molar-refractivity contribution < 1.29 is 4.74 Å². The lowest BCUT2D eigenvalue weighted by molar-refractivity contribution is -0.219. The Labute approximate surface area is 114 Å². The molecule has 2 heteroatoms. The summed E-state index contributed by atoms with van der Waals surface area (Å²) >= 11 is 3.87. The van der Waals surface area contributed by atoms with E-state index in [-0.39, 0.29) is 11.2 Å². The largest absolute Gasteiger partial charge is 0.365 e. The van der Waals surface area contributed by atoms with E-state index in [2.05, 4.69) is 50.2 Å². The molecular formula is C15H25BrO. The summed E-state index contributed by atoms with van der Waals surface area (Å²) in [4.78, 5) is 0.616. The zero-order valence-corrected chi connectivity index (χ0v) is 13.1. The zero-order valence-electron chi connectivity index (χ0n) is 11.6. The van der Waals surface area contributed by atoms with E-state index in [1.54, 1.807) is 0 Å². The van der Waals surface area contributed by atoms with E-state index in [1.165, 1.54) is 12.8 Å². The summed E-state index contributed by atoms with van der Waals surface area (Å²) in [6.07, 6.45) is 6.68. The molecule has 2 rings (SSSR count). The smallest absolute Gasteiger partial charge is 0.0839 e. The zero-order chi connectivity index (χ0) is 12.9. The predicted molar refractivity (Wildman–Crippen MR) is 76.5 cm³/mol. The fraction of sp³-hybridized carbons (Fsp3) is 0.867. The average Bonchev–Trinajstić information content (AvgIpc) is 2.24. The topological polar surface area (TPSA) is 9.23 Å². The van der Waals surface area contributed by atoms with Crippen molar-refractivity contribution in [2.75, 3.05) is 0 Å². The molecule has 0 radical (unpaired) electrons. The van der Waals surface area contributed by atoms with Gasteiger partial charge < -0.3 is 4.74 Å². The third kappa shape index (κ3) is 2.12. The van der Waals surface area contributed by atoms with Gasteiger partial charge in [0.1, 0.15) is 0 Å². The molecule has 0 bridgehead atoms. The molecule has 0 N–H and O–H groups in total. The van der Waals surface area contributed by atoms with Gasteiger partial charge in [-0.2, -0.15) is 0 Å². The Morgan fingerprint density at radius 2 is 1.82 bits per heavy atom. The molecule has 0 aromatic heterocycles. The highest BCUT2D eigenvalue weighted by atomic mass is 79.9. The SMILES string of the molecule is C=C[C@@]1(C)CCC2C(C)(C)[C@@H](Br)CC[C@]2(C)O1. The third-order valence-corrected chi connectivity index (χ3v) is 6.80. The molecule has 1 saturated carbocycles. The lowest BCUT2D eigenvalue weighted by Crippen LogP contribution is -2.59. The fourth-order valence-electron chi connectivity index (χ4n) is 3.92. The number of hydrogen-bond donors (Lipinski definition) is 0. The van der Waals surface area contributed by atoms with Crippen molar-refractivity contribution in [1.29, 1.82) is 0 Å². The number of rotatable bonds is 1. The van der Waals surface area contributed by atoms with Gasteiger partial charge in [-0.3, -0.25) is 0 Å². The first kappa shape index (κ1) is 13.6. The summed E-state index contributed by atoms with van der Waals surface area (Å²) in [6, 6.07) is 0. The fourth-order valence-corrected chi connectivity index (χ4v) is 4.47. The maximum Gasteiger partial charge on any atom is 0.0839 e. The number of ether oxygens (including phenoxy) is 1. The summed E-state index contributed by atoms with van der Waals surface area (Å²) in [6.45, 7) is 13.2. The molecule has 4 atom stereocenters. The van der Waals surface area contributed by atoms with Crippen LogP contribution in [-0.2, 0) is 4.74 Å². The summed E-state index contributed by atoms with van der Waals surface area (Å²) in [5.74, 6) is 0.640. The van der Waals surface area contributed by atoms with Crippen molar-refractivity contribution in [3.05, 3.63) is 12.7 Å². The molecule has 2 aliphatic rings. The van der Waals surface area contributed by atoms with Crippen LogP contribution in [0.25, 0.3) is 0 Å². The number of fused-ring (bicyclic) bond motifs is 1. The van der Waals surface area contributed by atoms with Crippen LogP contribution in [0.4, 0.5) is 0 Å². The van der Waals surface area contributed by atoms with E-state index < -0.39 is 0 Å². The van der Waals surface area contributed by atoms with Crippen LogP contribution in [0.3, 0.4) is 0 Å². The Bertz CT molecular complexity index is 325. The quantitative estimate of drug-likeness (QED) is 0.504. The standard InChI is InChI=1S/C15H25BrO/c1-6-14(4)9-7-11-13(2,3)12(16)8-10-15(11,5)17-14/h6,11-12H,1,7-10H2,2-5H3/t11?,12-,14-,15-/m0/s1. The lowest BCUT2D eigenvalue weighted by Gasteiger charge is -2.58. The minimum atomic E-state index is -0.125. The van der Waals surface area contributed by atoms with Gasteiger partial charge in [0, 0.05) is 4.83 Å². The van der Waals surface area contributed by atoms with Gasteiger partial charge in [-0.15, -0.1) is 6.58 Å². The molecule has 0 aromatic carbocycles. The summed E-state index contributed by atoms with van der Waals surface area (Å²) in [5.41, 5.74) is 0.213. The molecule has 0 aromatic rings. The second kappa shape index (κ2) is 4.09. The highest BCUT2D eigenvalue weighted by Crippen LogP contribution is 2.56. The first-order valence-corrected chi connectivity index (χ1v) is 7.63. The molecule has 1 unspecified atom stereocenters. The minimum Gasteiger partial charge on any atom is -0.365 e. The minimum absolute atomic E-state index is 0.0228. The van der Waals surface area contributed by atoms with E-state index in [0.29, 0.717) is 16.2 Å². The van der Waals surface area contributed by atoms with Gasteiger partial charge in [-0.05, 0) is 50.9 Å². The number of hydrogen-bond acceptors (Lipinski definition) is 1. The number of halogens is 1. The van der Waals surface area contributed by atoms with Crippen molar-refractivity contribution in [2.45, 2.75) is 69.4 Å². The number of alkyl halides is 1. The predicted octanol–water partition coefficient (Wildman–Crippen LogP) is 4.70. The highest BCUT2D eigenvalue weighted by Gasteiger charge is 2.55. The summed E-state index contributed by atoms with van der Waals surface area (Å²) in [7, 11) is 0. The molecule has 1 heterocycles. The summed E-state index contributed by atoms with van der Waals surface area (Å²) < 4.78 is 6.46. The second-order valence-electron chi connectivity index (χ2n) is 6.85. The van der Waals surface area contributed by atoms with Crippen LogP contribution >= 0.6 is 15.9 Å². The van der Waals surface area contributed by atoms with Crippen molar-refractivity contribution in [1.82, 2.24) is 0 Å². The highest BCUT2D eigenvalue weighted by molar-refractivity contribution is 9.09. The molecular weight excluding hydrogens is 276 g/mol. The molecule has 0 amide bonds. The third-order valence-electron chi connectivity index (χ3n) is 5.16. The van der Waals surface area contributed by atoms with Crippen LogP contribution < -0.4 is 0 Å². The van der Waals surface area contributed by atoms with Gasteiger partial charge in [0.15, 0.2) is 0 Å². The Morgan fingerprint density at radius 1 is 1.18 bits per heavy atom. The van der Waals surface area contributed by atoms with E-state index in [1.807, 2.05) is 6.08 Å². The van der Waals surface area contributed by atoms with Gasteiger partial charge >= 0.3 is 0 Å². The van der Waals surface area contributed by atoms with Gasteiger partial charge in [0.05, 0.1) is 11.2 Å². The Hall–Kier alpha value is 0.180. The van der Waals surface area contributed by atoms with Crippen molar-refractivity contribution in [2.24, 2.45) is 11.3 Å². The van der Waals surface area contributed by atoms with E-state index in [9.17, 15) is 0 Å². The van der Waals surface area contributed by atoms with E-state index in [0.717, 1.165) is 12.8 Å². The first-order valence-electron chi connectivity index (χ1n) is 6.71. The molecule has 17 heavy (non-hydrogen) atoms. The average molecular weight is 301 g/mol. The monoisotopic (exact) mass is 300 g/mol. The van der Waals surface area contributed by atoms with Crippen LogP contribution in [-0.4, -0.2) is 16.0 Å². The Morgan fingerprint density at radius 3 is 2.41 bits per heavy atom. The van der Waals surface area contributed by atoms with Crippen LogP contribution in [0.15, 0.2) is 12.7 Å². The maximum absolute atomic E-state index is 6.46. The molecule has 2 fully saturated rings. The van der Waals surface area contributed by atoms with Crippen LogP contribution in [0, 0.1) is 11.3 Å². The molecule has 1 aliphatic heterocycles. The maximum atomic E-state index is 6.46. The molecule has 1 nitrogen and oxygen atoms in total. The molecule has 98 valence electrons.